The molecule has 0 spiro atoms. The van der Waals surface area contributed by atoms with Crippen molar-refractivity contribution in [3.63, 3.8) is 0 Å². The standard InChI is InChI=1S/C62H117NO13/c1-3-5-7-9-11-13-15-17-18-19-20-21-22-23-24-25-26-27-28-29-30-31-32-33-34-35-37-39-41-43-45-51(66)50(63-54(67)46-44-42-40-38-36-16-14-12-10-8-6-4-2)49-73-61-59(72)57(70)60(53(48-65)75-61)76-62-58(71)56(69)55(68)52(47-64)74-62/h35,37,43,45,50-53,55-62,64-66,68-72H,3-34,36,38-42,44,46-49H2,1-2H3,(H,63,67)/b37-35+,45-43+. The Morgan fingerprint density at radius 2 is 0.842 bits per heavy atom. The quantitative estimate of drug-likeness (QED) is 0.0204. The molecule has 2 saturated heterocycles. The molecule has 0 aromatic rings. The summed E-state index contributed by atoms with van der Waals surface area (Å²) in [5, 5.41) is 87.0. The molecule has 2 heterocycles. The zero-order valence-electron chi connectivity index (χ0n) is 48.3. The fourth-order valence-corrected chi connectivity index (χ4v) is 10.5. The molecule has 0 aromatic carbocycles. The van der Waals surface area contributed by atoms with Crippen LogP contribution in [0.3, 0.4) is 0 Å². The largest absolute Gasteiger partial charge is 0.394 e. The number of amides is 1. The lowest BCUT2D eigenvalue weighted by molar-refractivity contribution is -0.359. The minimum absolute atomic E-state index is 0.247. The van der Waals surface area contributed by atoms with Crippen LogP contribution in [-0.4, -0.2) is 140 Å². The Balaban J connectivity index is 1.68. The summed E-state index contributed by atoms with van der Waals surface area (Å²) in [7, 11) is 0. The minimum Gasteiger partial charge on any atom is -0.394 e. The maximum Gasteiger partial charge on any atom is 0.220 e. The van der Waals surface area contributed by atoms with Gasteiger partial charge in [-0.2, -0.15) is 0 Å². The van der Waals surface area contributed by atoms with Crippen LogP contribution in [0.4, 0.5) is 0 Å². The molecule has 0 saturated carbocycles. The van der Waals surface area contributed by atoms with E-state index in [0.717, 1.165) is 32.1 Å². The van der Waals surface area contributed by atoms with Crippen molar-refractivity contribution in [1.29, 1.82) is 0 Å². The smallest absolute Gasteiger partial charge is 0.220 e. The summed E-state index contributed by atoms with van der Waals surface area (Å²) in [6, 6.07) is -0.927. The van der Waals surface area contributed by atoms with E-state index < -0.39 is 86.8 Å². The number of carbonyl (C=O) groups is 1. The van der Waals surface area contributed by atoms with Gasteiger partial charge in [-0.15, -0.1) is 0 Å². The van der Waals surface area contributed by atoms with E-state index >= 15 is 0 Å². The van der Waals surface area contributed by atoms with Crippen LogP contribution >= 0.6 is 0 Å². The van der Waals surface area contributed by atoms with Crippen molar-refractivity contribution in [3.05, 3.63) is 24.3 Å². The van der Waals surface area contributed by atoms with Gasteiger partial charge in [0.15, 0.2) is 12.6 Å². The molecule has 2 aliphatic heterocycles. The zero-order chi connectivity index (χ0) is 55.3. The number of rotatable bonds is 51. The van der Waals surface area contributed by atoms with Gasteiger partial charge in [-0.1, -0.05) is 256 Å². The highest BCUT2D eigenvalue weighted by Crippen LogP contribution is 2.30. The molecule has 1 amide bonds. The van der Waals surface area contributed by atoms with Gasteiger partial charge in [0.1, 0.15) is 48.8 Å². The van der Waals surface area contributed by atoms with E-state index in [4.69, 9.17) is 18.9 Å². The van der Waals surface area contributed by atoms with Gasteiger partial charge in [-0.05, 0) is 32.1 Å². The van der Waals surface area contributed by atoms with Crippen molar-refractivity contribution in [2.24, 2.45) is 0 Å². The Kier molecular flexibility index (Phi) is 44.8. The Labute approximate surface area is 462 Å². The molecule has 0 bridgehead atoms. The molecule has 9 N–H and O–H groups in total. The molecule has 12 atom stereocenters. The van der Waals surface area contributed by atoms with E-state index in [1.165, 1.54) is 205 Å². The third-order valence-corrected chi connectivity index (χ3v) is 15.6. The lowest BCUT2D eigenvalue weighted by Gasteiger charge is -2.46. The maximum atomic E-state index is 13.2. The fraction of sp³-hybridized carbons (Fsp3) is 0.919. The minimum atomic E-state index is -1.79. The van der Waals surface area contributed by atoms with Crippen molar-refractivity contribution >= 4 is 5.91 Å². The maximum absolute atomic E-state index is 13.2. The van der Waals surface area contributed by atoms with Gasteiger partial charge in [-0.3, -0.25) is 4.79 Å². The molecule has 2 rings (SSSR count). The van der Waals surface area contributed by atoms with Gasteiger partial charge in [-0.25, -0.2) is 0 Å². The Bertz CT molecular complexity index is 1370. The first-order valence-corrected chi connectivity index (χ1v) is 31.6. The molecule has 14 nitrogen and oxygen atoms in total. The summed E-state index contributed by atoms with van der Waals surface area (Å²) in [6.45, 7) is 2.80. The molecular weight excluding hydrogens is 967 g/mol. The van der Waals surface area contributed by atoms with E-state index in [1.54, 1.807) is 6.08 Å². The van der Waals surface area contributed by atoms with Gasteiger partial charge in [0, 0.05) is 6.42 Å². The van der Waals surface area contributed by atoms with Gasteiger partial charge < -0.3 is 65.1 Å². The normalized spacial score (nSPS) is 25.0. The molecule has 0 aromatic heterocycles. The molecular formula is C62H117NO13. The number of ether oxygens (including phenoxy) is 4. The number of aliphatic hydroxyl groups is 8. The zero-order valence-corrected chi connectivity index (χ0v) is 48.3. The second-order valence-corrected chi connectivity index (χ2v) is 22.5. The summed E-state index contributed by atoms with van der Waals surface area (Å²) in [5.74, 6) is -0.247. The number of unbranched alkanes of at least 4 members (excludes halogenated alkanes) is 36. The predicted molar refractivity (Wildman–Crippen MR) is 305 cm³/mol. The highest BCUT2D eigenvalue weighted by molar-refractivity contribution is 5.76. The summed E-state index contributed by atoms with van der Waals surface area (Å²) in [6.07, 6.45) is 41.1. The first-order chi connectivity index (χ1) is 37.1. The third-order valence-electron chi connectivity index (χ3n) is 15.6. The number of carbonyl (C=O) groups excluding carboxylic acids is 1. The third kappa shape index (κ3) is 33.3. The highest BCUT2D eigenvalue weighted by atomic mass is 16.7. The van der Waals surface area contributed by atoms with Crippen LogP contribution in [-0.2, 0) is 23.7 Å². The van der Waals surface area contributed by atoms with Crippen LogP contribution in [0.5, 0.6) is 0 Å². The number of hydrogen-bond donors (Lipinski definition) is 9. The molecule has 2 fully saturated rings. The number of nitrogens with one attached hydrogen (secondary N) is 1. The number of hydrogen-bond acceptors (Lipinski definition) is 13. The second kappa shape index (κ2) is 48.2. The van der Waals surface area contributed by atoms with Crippen LogP contribution in [0.2, 0.25) is 0 Å². The Hall–Kier alpha value is -1.53. The predicted octanol–water partition coefficient (Wildman–Crippen LogP) is 11.2. The highest BCUT2D eigenvalue weighted by Gasteiger charge is 2.51. The van der Waals surface area contributed by atoms with Crippen molar-refractivity contribution in [3.8, 4) is 0 Å². The lowest BCUT2D eigenvalue weighted by Crippen LogP contribution is -2.65. The van der Waals surface area contributed by atoms with Crippen molar-refractivity contribution in [2.45, 2.75) is 344 Å². The topological polar surface area (TPSA) is 228 Å². The Morgan fingerprint density at radius 3 is 1.29 bits per heavy atom. The van der Waals surface area contributed by atoms with Crippen molar-refractivity contribution < 1.29 is 64.6 Å². The van der Waals surface area contributed by atoms with Crippen molar-refractivity contribution in [2.75, 3.05) is 19.8 Å². The molecule has 0 radical (unpaired) electrons. The van der Waals surface area contributed by atoms with Gasteiger partial charge in [0.2, 0.25) is 5.91 Å². The molecule has 0 aliphatic carbocycles. The molecule has 2 aliphatic rings. The van der Waals surface area contributed by atoms with Crippen LogP contribution in [0, 0.1) is 0 Å². The van der Waals surface area contributed by atoms with Crippen LogP contribution in [0.15, 0.2) is 24.3 Å². The summed E-state index contributed by atoms with van der Waals surface area (Å²) in [5.41, 5.74) is 0. The van der Waals surface area contributed by atoms with E-state index in [2.05, 4.69) is 31.3 Å². The molecule has 448 valence electrons. The van der Waals surface area contributed by atoms with E-state index in [-0.39, 0.29) is 18.9 Å². The first-order valence-electron chi connectivity index (χ1n) is 31.6. The van der Waals surface area contributed by atoms with Crippen molar-refractivity contribution in [1.82, 2.24) is 5.32 Å². The second-order valence-electron chi connectivity index (χ2n) is 22.5. The first kappa shape index (κ1) is 70.6. The number of aliphatic hydroxyl groups excluding tert-OH is 8. The van der Waals surface area contributed by atoms with Crippen LogP contribution in [0.1, 0.15) is 271 Å². The average molecular weight is 1080 g/mol. The fourth-order valence-electron chi connectivity index (χ4n) is 10.5. The molecule has 12 unspecified atom stereocenters. The van der Waals surface area contributed by atoms with E-state index in [0.29, 0.717) is 12.8 Å². The molecule has 14 heteroatoms. The summed E-state index contributed by atoms with van der Waals surface area (Å²) in [4.78, 5) is 13.2. The lowest BCUT2D eigenvalue weighted by atomic mass is 9.97. The SMILES string of the molecule is CCCCCCCCCCCCCCCCCCCCCCCCCC/C=C/CC/C=C/C(O)C(COC1OC(CO)C(OC2OC(CO)C(O)C(O)C2O)C(O)C1O)NC(=O)CCCCCCCCCCCCCC. The average Bonchev–Trinajstić information content (AvgIpc) is 3.42. The van der Waals surface area contributed by atoms with E-state index in [9.17, 15) is 45.6 Å². The Morgan fingerprint density at radius 1 is 0.461 bits per heavy atom. The summed E-state index contributed by atoms with van der Waals surface area (Å²) >= 11 is 0. The van der Waals surface area contributed by atoms with Gasteiger partial charge >= 0.3 is 0 Å². The monoisotopic (exact) mass is 1080 g/mol. The molecule has 76 heavy (non-hydrogen) atoms. The van der Waals surface area contributed by atoms with Gasteiger partial charge in [0.25, 0.3) is 0 Å². The summed E-state index contributed by atoms with van der Waals surface area (Å²) < 4.78 is 22.7. The van der Waals surface area contributed by atoms with Crippen LogP contribution in [0.25, 0.3) is 0 Å². The van der Waals surface area contributed by atoms with Crippen LogP contribution < -0.4 is 5.32 Å². The van der Waals surface area contributed by atoms with Gasteiger partial charge in [0.05, 0.1) is 32.0 Å². The van der Waals surface area contributed by atoms with E-state index in [1.807, 2.05) is 6.08 Å². The number of allylic oxidation sites excluding steroid dienone is 3.